The summed E-state index contributed by atoms with van der Waals surface area (Å²) in [6.07, 6.45) is 5.13. The molecule has 0 N–H and O–H groups in total. The molecule has 3 aromatic carbocycles. The van der Waals surface area contributed by atoms with Gasteiger partial charge in [0.2, 0.25) is 0 Å². The maximum Gasteiger partial charge on any atom is 0.373 e. The number of nitrogens with zero attached hydrogens (tertiary/aromatic N) is 1. The van der Waals surface area contributed by atoms with E-state index in [1.54, 1.807) is 0 Å². The predicted molar refractivity (Wildman–Crippen MR) is 161 cm³/mol. The van der Waals surface area contributed by atoms with Crippen LogP contribution in [0.5, 0.6) is 0 Å². The van der Waals surface area contributed by atoms with E-state index in [0.29, 0.717) is 0 Å². The fourth-order valence-electron chi connectivity index (χ4n) is 2.35. The minimum atomic E-state index is 0. The van der Waals surface area contributed by atoms with E-state index in [9.17, 15) is 0 Å². The van der Waals surface area contributed by atoms with Gasteiger partial charge in [0.1, 0.15) is 0 Å². The number of benzene rings is 3. The van der Waals surface area contributed by atoms with Gasteiger partial charge in [0.15, 0.2) is 0 Å². The van der Waals surface area contributed by atoms with Crippen LogP contribution in [0.3, 0.4) is 0 Å². The number of hydrogen-bond acceptors (Lipinski definition) is 7. The fraction of sp³-hybridized carbons (Fsp3) is 0.312. The molecule has 0 amide bonds. The van der Waals surface area contributed by atoms with E-state index in [1.165, 1.54) is 20.3 Å². The summed E-state index contributed by atoms with van der Waals surface area (Å²) < 4.78 is 1.31. The van der Waals surface area contributed by atoms with Crippen LogP contribution < -0.4 is 0 Å². The number of aryl methyl sites for hydroxylation is 3. The Balaban J connectivity index is -0.0000000932. The van der Waals surface area contributed by atoms with Crippen LogP contribution in [0.2, 0.25) is 0 Å². The first-order valence-electron chi connectivity index (χ1n) is 12.3. The monoisotopic (exact) mass is 788 g/mol. The third kappa shape index (κ3) is 47.5. The van der Waals surface area contributed by atoms with Gasteiger partial charge < -0.3 is 11.8 Å². The second-order valence-electron chi connectivity index (χ2n) is 7.41. The first-order valence-corrected chi connectivity index (χ1v) is 13.3. The Morgan fingerprint density at radius 3 is 1.05 bits per heavy atom. The Hall–Kier alpha value is -2.26. The molecule has 3 rings (SSSR count). The van der Waals surface area contributed by atoms with E-state index in [4.69, 9.17) is 28.8 Å². The molecule has 222 valence electrons. The molecule has 10 heteroatoms. The minimum Gasteiger partial charge on any atom is -0.342 e. The molecular formula is C32H39INO6Zn2-3. The van der Waals surface area contributed by atoms with E-state index < -0.39 is 0 Å². The van der Waals surface area contributed by atoms with Crippen molar-refractivity contribution in [3.63, 3.8) is 0 Å². The van der Waals surface area contributed by atoms with Gasteiger partial charge >= 0.3 is 18.5 Å². The van der Waals surface area contributed by atoms with Crippen molar-refractivity contribution in [2.75, 3.05) is 20.6 Å². The second-order valence-corrected chi connectivity index (χ2v) is 8.66. The largest absolute Gasteiger partial charge is 0.373 e. The Morgan fingerprint density at radius 2 is 0.881 bits per heavy atom. The predicted octanol–water partition coefficient (Wildman–Crippen LogP) is 5.97. The summed E-state index contributed by atoms with van der Waals surface area (Å²) in [7, 11) is 4.09. The van der Waals surface area contributed by atoms with Crippen LogP contribution in [-0.2, 0) is 87.0 Å². The van der Waals surface area contributed by atoms with E-state index in [1.807, 2.05) is 38.4 Å². The second kappa shape index (κ2) is 45.7. The zero-order valence-electron chi connectivity index (χ0n) is 25.4. The molecule has 0 spiro atoms. The number of rotatable bonds is 5. The molecular weight excluding hydrogens is 752 g/mol. The van der Waals surface area contributed by atoms with Crippen molar-refractivity contribution in [1.29, 1.82) is 0 Å². The van der Waals surface area contributed by atoms with Gasteiger partial charge in [0.25, 0.3) is 0 Å². The zero-order valence-corrected chi connectivity index (χ0v) is 33.5. The smallest absolute Gasteiger partial charge is 0.342 e. The third-order valence-corrected chi connectivity index (χ3v) is 5.04. The van der Waals surface area contributed by atoms with Gasteiger partial charge in [0.05, 0.1) is 0 Å². The maximum absolute atomic E-state index is 8.12. The molecule has 0 radical (unpaired) electrons. The molecule has 0 bridgehead atoms. The van der Waals surface area contributed by atoms with Crippen molar-refractivity contribution in [2.45, 2.75) is 46.5 Å². The van der Waals surface area contributed by atoms with Crippen LogP contribution >= 0.6 is 22.6 Å². The first kappa shape index (κ1) is 52.4. The summed E-state index contributed by atoms with van der Waals surface area (Å²) in [6, 6.07) is 30.7. The summed E-state index contributed by atoms with van der Waals surface area (Å²) in [4.78, 5) is 50.9. The normalized spacial score (nSPS) is 7.52. The molecule has 0 aromatic heterocycles. The van der Waals surface area contributed by atoms with Gasteiger partial charge in [-0.1, -0.05) is 45.7 Å². The van der Waals surface area contributed by atoms with Crippen molar-refractivity contribution in [2.24, 2.45) is 0 Å². The Bertz CT molecular complexity index is 952. The van der Waals surface area contributed by atoms with Crippen LogP contribution in [-0.4, -0.2) is 44.0 Å². The van der Waals surface area contributed by atoms with Gasteiger partial charge in [-0.2, -0.15) is 107 Å². The van der Waals surface area contributed by atoms with Gasteiger partial charge in [-0.15, -0.1) is 0 Å². The molecule has 0 aliphatic carbocycles. The summed E-state index contributed by atoms with van der Waals surface area (Å²) in [5, 5.41) is 0. The number of halogens is 1. The number of carbonyl (C=O) groups excluding carboxylic acids is 6. The van der Waals surface area contributed by atoms with Gasteiger partial charge in [0, 0.05) is 42.5 Å². The van der Waals surface area contributed by atoms with E-state index in [-0.39, 0.29) is 57.4 Å². The standard InChI is InChI=1S/C8H9I.2C8H9.C5H12N.3CO2.2Zn/c1-2-7-3-5-8(9)6-4-7;2*1-2-8-6-4-3-5-7-8;1-4-5-6(2)3;3*2-1-3;;/h3-6H,2H2,1H3;2*4-7H,2H2,1H3;1,4-5H2,2-3H3;;;;;/q;3*-1;;;;;. The Morgan fingerprint density at radius 1 is 0.619 bits per heavy atom. The van der Waals surface area contributed by atoms with Crippen LogP contribution in [0.4, 0.5) is 0 Å². The van der Waals surface area contributed by atoms with Crippen LogP contribution in [0.15, 0.2) is 72.8 Å². The molecule has 0 aliphatic rings. The molecule has 0 saturated heterocycles. The summed E-state index contributed by atoms with van der Waals surface area (Å²) >= 11 is 2.31. The zero-order chi connectivity index (χ0) is 31.4. The SMILES string of the molecule is CCc1cc[c-]cc1.CCc1cc[c-]cc1.CCc1ccc(I)cc1.O=C=O.O=C=O.O=C=O.[CH2-]CCN(C)C.[Zn].[Zn]. The van der Waals surface area contributed by atoms with Crippen molar-refractivity contribution >= 4 is 41.0 Å². The molecule has 42 heavy (non-hydrogen) atoms. The molecule has 3 aromatic rings. The Labute approximate surface area is 290 Å². The van der Waals surface area contributed by atoms with Gasteiger partial charge in [-0.3, -0.25) is 0 Å². The van der Waals surface area contributed by atoms with Crippen LogP contribution in [0.1, 0.15) is 43.9 Å². The average molecular weight is 791 g/mol. The Kier molecular flexibility index (Phi) is 57.0. The van der Waals surface area contributed by atoms with Crippen molar-refractivity contribution in [3.05, 3.63) is 112 Å². The molecule has 0 heterocycles. The van der Waals surface area contributed by atoms with Crippen molar-refractivity contribution in [1.82, 2.24) is 4.90 Å². The molecule has 0 saturated carbocycles. The average Bonchev–Trinajstić information content (AvgIpc) is 2.97. The van der Waals surface area contributed by atoms with E-state index >= 15 is 0 Å². The first-order chi connectivity index (χ1) is 19.2. The van der Waals surface area contributed by atoms with Crippen molar-refractivity contribution < 1.29 is 67.7 Å². The minimum absolute atomic E-state index is 0. The fourth-order valence-corrected chi connectivity index (χ4v) is 2.71. The summed E-state index contributed by atoms with van der Waals surface area (Å²) in [5.41, 5.74) is 4.17. The molecule has 0 aliphatic heterocycles. The van der Waals surface area contributed by atoms with Gasteiger partial charge in [-0.05, 0) is 67.3 Å². The third-order valence-electron chi connectivity index (χ3n) is 4.32. The molecule has 0 atom stereocenters. The van der Waals surface area contributed by atoms with E-state index in [2.05, 4.69) is 116 Å². The summed E-state index contributed by atoms with van der Waals surface area (Å²) in [5.74, 6) is 0. The van der Waals surface area contributed by atoms with Crippen LogP contribution in [0, 0.1) is 22.6 Å². The van der Waals surface area contributed by atoms with Crippen molar-refractivity contribution in [3.8, 4) is 0 Å². The topological polar surface area (TPSA) is 106 Å². The summed E-state index contributed by atoms with van der Waals surface area (Å²) in [6.45, 7) is 11.2. The molecule has 0 unspecified atom stereocenters. The maximum atomic E-state index is 8.12. The number of hydrogen-bond donors (Lipinski definition) is 0. The van der Waals surface area contributed by atoms with Crippen LogP contribution in [0.25, 0.3) is 0 Å². The molecule has 7 nitrogen and oxygen atoms in total. The molecule has 0 fully saturated rings. The van der Waals surface area contributed by atoms with Gasteiger partial charge in [-0.25, -0.2) is 0 Å². The quantitative estimate of drug-likeness (QED) is 0.178. The van der Waals surface area contributed by atoms with E-state index in [0.717, 1.165) is 32.2 Å².